The SMILES string of the molecule is Cc1cc(OCCC(C)(C)C)nc(N)n1. The van der Waals surface area contributed by atoms with Crippen molar-refractivity contribution in [3.63, 3.8) is 0 Å². The van der Waals surface area contributed by atoms with Crippen molar-refractivity contribution in [2.24, 2.45) is 5.41 Å². The summed E-state index contributed by atoms with van der Waals surface area (Å²) in [4.78, 5) is 7.98. The van der Waals surface area contributed by atoms with E-state index < -0.39 is 0 Å². The van der Waals surface area contributed by atoms with Crippen LogP contribution in [0.2, 0.25) is 0 Å². The second-order valence-corrected chi connectivity index (χ2v) is 4.86. The third-order valence-electron chi connectivity index (χ3n) is 1.95. The van der Waals surface area contributed by atoms with Crippen LogP contribution in [0, 0.1) is 12.3 Å². The van der Waals surface area contributed by atoms with Crippen LogP contribution in [-0.2, 0) is 0 Å². The molecule has 0 aromatic carbocycles. The Labute approximate surface area is 90.9 Å². The molecule has 4 heteroatoms. The van der Waals surface area contributed by atoms with E-state index in [4.69, 9.17) is 10.5 Å². The van der Waals surface area contributed by atoms with Gasteiger partial charge in [-0.1, -0.05) is 20.8 Å². The largest absolute Gasteiger partial charge is 0.478 e. The summed E-state index contributed by atoms with van der Waals surface area (Å²) >= 11 is 0. The molecule has 4 nitrogen and oxygen atoms in total. The summed E-state index contributed by atoms with van der Waals surface area (Å²) in [5, 5.41) is 0. The molecular formula is C11H19N3O. The first-order chi connectivity index (χ1) is 6.87. The van der Waals surface area contributed by atoms with Gasteiger partial charge in [-0.3, -0.25) is 0 Å². The number of rotatable bonds is 3. The fourth-order valence-electron chi connectivity index (χ4n) is 1.10. The second kappa shape index (κ2) is 4.47. The van der Waals surface area contributed by atoms with Crippen LogP contribution in [0.3, 0.4) is 0 Å². The maximum Gasteiger partial charge on any atom is 0.223 e. The molecule has 0 fully saturated rings. The van der Waals surface area contributed by atoms with Gasteiger partial charge >= 0.3 is 0 Å². The van der Waals surface area contributed by atoms with Gasteiger partial charge in [-0.05, 0) is 18.8 Å². The van der Waals surface area contributed by atoms with Gasteiger partial charge < -0.3 is 10.5 Å². The maximum atomic E-state index is 5.51. The number of anilines is 1. The van der Waals surface area contributed by atoms with E-state index in [1.807, 2.05) is 6.92 Å². The molecule has 1 heterocycles. The predicted octanol–water partition coefficient (Wildman–Crippen LogP) is 2.18. The normalized spacial score (nSPS) is 11.5. The summed E-state index contributed by atoms with van der Waals surface area (Å²) in [5.74, 6) is 0.824. The number of nitrogens with two attached hydrogens (primary N) is 1. The fourth-order valence-corrected chi connectivity index (χ4v) is 1.10. The third-order valence-corrected chi connectivity index (χ3v) is 1.95. The number of aryl methyl sites for hydroxylation is 1. The number of aromatic nitrogens is 2. The van der Waals surface area contributed by atoms with Gasteiger partial charge in [0.25, 0.3) is 0 Å². The number of hydrogen-bond donors (Lipinski definition) is 1. The molecule has 2 N–H and O–H groups in total. The average Bonchev–Trinajstić information content (AvgIpc) is 1.99. The Balaban J connectivity index is 2.51. The molecule has 1 aromatic heterocycles. The molecule has 0 spiro atoms. The molecule has 84 valence electrons. The van der Waals surface area contributed by atoms with Crippen LogP contribution in [0.25, 0.3) is 0 Å². The summed E-state index contributed by atoms with van der Waals surface area (Å²) in [7, 11) is 0. The van der Waals surface area contributed by atoms with Crippen molar-refractivity contribution >= 4 is 5.95 Å². The molecule has 0 radical (unpaired) electrons. The smallest absolute Gasteiger partial charge is 0.223 e. The first kappa shape index (κ1) is 11.8. The minimum absolute atomic E-state index is 0.265. The van der Waals surface area contributed by atoms with E-state index in [0.29, 0.717) is 12.5 Å². The average molecular weight is 209 g/mol. The number of ether oxygens (including phenoxy) is 1. The van der Waals surface area contributed by atoms with Gasteiger partial charge in [0, 0.05) is 11.8 Å². The Kier molecular flexibility index (Phi) is 3.50. The van der Waals surface area contributed by atoms with Gasteiger partial charge in [0.2, 0.25) is 11.8 Å². The lowest BCUT2D eigenvalue weighted by Gasteiger charge is -2.17. The van der Waals surface area contributed by atoms with E-state index in [1.54, 1.807) is 6.07 Å². The topological polar surface area (TPSA) is 61.0 Å². The number of nitrogens with zero attached hydrogens (tertiary/aromatic N) is 2. The molecular weight excluding hydrogens is 190 g/mol. The van der Waals surface area contributed by atoms with Crippen molar-refractivity contribution in [3.8, 4) is 5.88 Å². The van der Waals surface area contributed by atoms with Crippen LogP contribution >= 0.6 is 0 Å². The minimum Gasteiger partial charge on any atom is -0.478 e. The van der Waals surface area contributed by atoms with Crippen molar-refractivity contribution in [1.82, 2.24) is 9.97 Å². The van der Waals surface area contributed by atoms with E-state index >= 15 is 0 Å². The first-order valence-corrected chi connectivity index (χ1v) is 5.11. The summed E-state index contributed by atoms with van der Waals surface area (Å²) in [5.41, 5.74) is 6.61. The van der Waals surface area contributed by atoms with E-state index in [1.165, 1.54) is 0 Å². The molecule has 1 rings (SSSR count). The van der Waals surface area contributed by atoms with Crippen LogP contribution in [0.15, 0.2) is 6.07 Å². The zero-order valence-corrected chi connectivity index (χ0v) is 9.87. The van der Waals surface area contributed by atoms with Crippen molar-refractivity contribution in [3.05, 3.63) is 11.8 Å². The molecule has 0 bridgehead atoms. The molecule has 15 heavy (non-hydrogen) atoms. The molecule has 0 amide bonds. The molecule has 0 saturated carbocycles. The molecule has 0 aliphatic rings. The van der Waals surface area contributed by atoms with E-state index in [9.17, 15) is 0 Å². The summed E-state index contributed by atoms with van der Waals surface area (Å²) in [6.07, 6.45) is 0.982. The highest BCUT2D eigenvalue weighted by atomic mass is 16.5. The summed E-state index contributed by atoms with van der Waals surface area (Å²) in [6, 6.07) is 1.79. The van der Waals surface area contributed by atoms with Crippen LogP contribution < -0.4 is 10.5 Å². The zero-order valence-electron chi connectivity index (χ0n) is 9.87. The highest BCUT2D eigenvalue weighted by Gasteiger charge is 2.10. The summed E-state index contributed by atoms with van der Waals surface area (Å²) < 4.78 is 5.51. The van der Waals surface area contributed by atoms with Gasteiger partial charge in [0.15, 0.2) is 0 Å². The Bertz CT molecular complexity index is 311. The Morgan fingerprint density at radius 2 is 2.00 bits per heavy atom. The highest BCUT2D eigenvalue weighted by molar-refractivity contribution is 5.25. The number of nitrogen functional groups attached to an aromatic ring is 1. The Morgan fingerprint density at radius 1 is 1.33 bits per heavy atom. The van der Waals surface area contributed by atoms with Gasteiger partial charge in [0.05, 0.1) is 6.61 Å². The van der Waals surface area contributed by atoms with Gasteiger partial charge in [0.1, 0.15) is 0 Å². The van der Waals surface area contributed by atoms with Crippen molar-refractivity contribution in [2.45, 2.75) is 34.1 Å². The standard InChI is InChI=1S/C11H19N3O/c1-8-7-9(14-10(12)13-8)15-6-5-11(2,3)4/h7H,5-6H2,1-4H3,(H2,12,13,14). The summed E-state index contributed by atoms with van der Waals surface area (Å²) in [6.45, 7) is 9.05. The minimum atomic E-state index is 0.265. The van der Waals surface area contributed by atoms with Gasteiger partial charge in [-0.15, -0.1) is 0 Å². The van der Waals surface area contributed by atoms with Gasteiger partial charge in [-0.2, -0.15) is 4.98 Å². The predicted molar refractivity (Wildman–Crippen MR) is 60.7 cm³/mol. The quantitative estimate of drug-likeness (QED) is 0.828. The number of hydrogen-bond acceptors (Lipinski definition) is 4. The molecule has 0 aliphatic heterocycles. The Morgan fingerprint density at radius 3 is 2.53 bits per heavy atom. The van der Waals surface area contributed by atoms with Crippen LogP contribution in [0.5, 0.6) is 5.88 Å². The van der Waals surface area contributed by atoms with Crippen molar-refractivity contribution in [1.29, 1.82) is 0 Å². The van der Waals surface area contributed by atoms with E-state index in [2.05, 4.69) is 30.7 Å². The third kappa shape index (κ3) is 4.63. The lowest BCUT2D eigenvalue weighted by atomic mass is 9.93. The zero-order chi connectivity index (χ0) is 11.5. The van der Waals surface area contributed by atoms with E-state index in [-0.39, 0.29) is 11.4 Å². The van der Waals surface area contributed by atoms with Crippen LogP contribution in [-0.4, -0.2) is 16.6 Å². The van der Waals surface area contributed by atoms with Crippen molar-refractivity contribution < 1.29 is 4.74 Å². The fraction of sp³-hybridized carbons (Fsp3) is 0.636. The molecule has 0 atom stereocenters. The lowest BCUT2D eigenvalue weighted by molar-refractivity contribution is 0.236. The monoisotopic (exact) mass is 209 g/mol. The van der Waals surface area contributed by atoms with Crippen LogP contribution in [0.4, 0.5) is 5.95 Å². The lowest BCUT2D eigenvalue weighted by Crippen LogP contribution is -2.12. The molecule has 0 aliphatic carbocycles. The maximum absolute atomic E-state index is 5.51. The van der Waals surface area contributed by atoms with Crippen LogP contribution in [0.1, 0.15) is 32.9 Å². The first-order valence-electron chi connectivity index (χ1n) is 5.11. The highest BCUT2D eigenvalue weighted by Crippen LogP contribution is 2.19. The molecule has 0 unspecified atom stereocenters. The van der Waals surface area contributed by atoms with Crippen molar-refractivity contribution in [2.75, 3.05) is 12.3 Å². The Hall–Kier alpha value is -1.32. The second-order valence-electron chi connectivity index (χ2n) is 4.86. The molecule has 0 saturated heterocycles. The molecule has 1 aromatic rings. The van der Waals surface area contributed by atoms with Gasteiger partial charge in [-0.25, -0.2) is 4.98 Å². The van der Waals surface area contributed by atoms with E-state index in [0.717, 1.165) is 12.1 Å².